The second-order valence-corrected chi connectivity index (χ2v) is 4.84. The predicted octanol–water partition coefficient (Wildman–Crippen LogP) is 2.17. The van der Waals surface area contributed by atoms with Crippen molar-refractivity contribution in [1.82, 2.24) is 0 Å². The number of carbonyl (C=O) groups is 1. The number of hydrogen-bond acceptors (Lipinski definition) is 2. The summed E-state index contributed by atoms with van der Waals surface area (Å²) in [6.07, 6.45) is 0.701. The van der Waals surface area contributed by atoms with Gasteiger partial charge < -0.3 is 10.8 Å². The van der Waals surface area contributed by atoms with Crippen LogP contribution in [0.4, 0.5) is 0 Å². The summed E-state index contributed by atoms with van der Waals surface area (Å²) in [5, 5.41) is 8.80. The van der Waals surface area contributed by atoms with Crippen molar-refractivity contribution in [2.75, 3.05) is 0 Å². The van der Waals surface area contributed by atoms with E-state index in [0.29, 0.717) is 6.42 Å². The molecule has 1 fully saturated rings. The highest BCUT2D eigenvalue weighted by atomic mass is 79.9. The Morgan fingerprint density at radius 2 is 2.07 bits per heavy atom. The van der Waals surface area contributed by atoms with Crippen LogP contribution in [0.3, 0.4) is 0 Å². The first-order valence-electron chi connectivity index (χ1n) is 4.83. The summed E-state index contributed by atoms with van der Waals surface area (Å²) in [4.78, 5) is 10.7. The van der Waals surface area contributed by atoms with Gasteiger partial charge in [0.25, 0.3) is 0 Å². The van der Waals surface area contributed by atoms with Crippen molar-refractivity contribution < 1.29 is 9.90 Å². The molecule has 1 saturated carbocycles. The number of aliphatic carboxylic acids is 1. The lowest BCUT2D eigenvalue weighted by molar-refractivity contribution is -0.138. The summed E-state index contributed by atoms with van der Waals surface area (Å²) < 4.78 is 1.00. The van der Waals surface area contributed by atoms with Gasteiger partial charge in [-0.05, 0) is 30.0 Å². The highest BCUT2D eigenvalue weighted by molar-refractivity contribution is 9.10. The van der Waals surface area contributed by atoms with Gasteiger partial charge in [0.05, 0.1) is 5.92 Å². The van der Waals surface area contributed by atoms with Gasteiger partial charge in [0.15, 0.2) is 0 Å². The van der Waals surface area contributed by atoms with Gasteiger partial charge in [0, 0.05) is 10.5 Å². The minimum Gasteiger partial charge on any atom is -0.481 e. The molecule has 0 spiro atoms. The quantitative estimate of drug-likeness (QED) is 0.884. The maximum Gasteiger partial charge on any atom is 0.306 e. The first-order chi connectivity index (χ1) is 7.09. The minimum absolute atomic E-state index is 0.101. The van der Waals surface area contributed by atoms with E-state index in [1.54, 1.807) is 0 Å². The third kappa shape index (κ3) is 2.21. The molecule has 2 rings (SSSR count). The summed E-state index contributed by atoms with van der Waals surface area (Å²) in [7, 11) is 0. The van der Waals surface area contributed by atoms with E-state index in [-0.39, 0.29) is 17.9 Å². The van der Waals surface area contributed by atoms with Gasteiger partial charge in [0.1, 0.15) is 0 Å². The standard InChI is InChI=1S/C11H12BrNO2/c12-7-3-1-6(2-4-7)10(13)8-5-9(8)11(14)15/h1-4,8-10H,5,13H2,(H,14,15). The zero-order valence-corrected chi connectivity index (χ0v) is 9.65. The summed E-state index contributed by atoms with van der Waals surface area (Å²) >= 11 is 3.35. The summed E-state index contributed by atoms with van der Waals surface area (Å²) in [6, 6.07) is 7.57. The zero-order valence-electron chi connectivity index (χ0n) is 8.06. The Hall–Kier alpha value is -0.870. The van der Waals surface area contributed by atoms with Crippen LogP contribution in [-0.4, -0.2) is 11.1 Å². The Morgan fingerprint density at radius 1 is 1.47 bits per heavy atom. The van der Waals surface area contributed by atoms with Gasteiger partial charge in [-0.1, -0.05) is 28.1 Å². The molecular formula is C11H12BrNO2. The van der Waals surface area contributed by atoms with E-state index in [2.05, 4.69) is 15.9 Å². The maximum absolute atomic E-state index is 10.7. The number of hydrogen-bond donors (Lipinski definition) is 2. The fraction of sp³-hybridized carbons (Fsp3) is 0.364. The van der Waals surface area contributed by atoms with Gasteiger partial charge in [-0.3, -0.25) is 4.79 Å². The van der Waals surface area contributed by atoms with Crippen molar-refractivity contribution in [3.8, 4) is 0 Å². The second-order valence-electron chi connectivity index (χ2n) is 3.92. The smallest absolute Gasteiger partial charge is 0.306 e. The molecule has 3 N–H and O–H groups in total. The number of rotatable bonds is 3. The number of nitrogens with two attached hydrogens (primary N) is 1. The molecule has 15 heavy (non-hydrogen) atoms. The van der Waals surface area contributed by atoms with Crippen molar-refractivity contribution in [2.45, 2.75) is 12.5 Å². The molecule has 80 valence electrons. The van der Waals surface area contributed by atoms with Crippen LogP contribution < -0.4 is 5.73 Å². The third-order valence-electron chi connectivity index (χ3n) is 2.87. The van der Waals surface area contributed by atoms with Crippen LogP contribution in [0.25, 0.3) is 0 Å². The molecule has 0 aromatic heterocycles. The Bertz CT molecular complexity index is 377. The van der Waals surface area contributed by atoms with E-state index in [4.69, 9.17) is 10.8 Å². The molecule has 0 heterocycles. The predicted molar refractivity (Wildman–Crippen MR) is 60.3 cm³/mol. The lowest BCUT2D eigenvalue weighted by atomic mass is 10.0. The molecule has 3 nitrogen and oxygen atoms in total. The molecule has 1 aromatic carbocycles. The van der Waals surface area contributed by atoms with Crippen molar-refractivity contribution in [1.29, 1.82) is 0 Å². The molecule has 0 aliphatic heterocycles. The Kier molecular flexibility index (Phi) is 2.80. The molecule has 1 aliphatic rings. The highest BCUT2D eigenvalue weighted by Gasteiger charge is 2.47. The molecule has 1 aromatic rings. The zero-order chi connectivity index (χ0) is 11.0. The number of carboxylic acids is 1. The fourth-order valence-electron chi connectivity index (χ4n) is 1.83. The lowest BCUT2D eigenvalue weighted by Crippen LogP contribution is -2.15. The monoisotopic (exact) mass is 269 g/mol. The number of benzene rings is 1. The number of halogens is 1. The van der Waals surface area contributed by atoms with E-state index in [9.17, 15) is 4.79 Å². The van der Waals surface area contributed by atoms with Crippen molar-refractivity contribution in [2.24, 2.45) is 17.6 Å². The van der Waals surface area contributed by atoms with Crippen LogP contribution in [-0.2, 0) is 4.79 Å². The largest absolute Gasteiger partial charge is 0.481 e. The summed E-state index contributed by atoms with van der Waals surface area (Å²) in [5.41, 5.74) is 7.01. The van der Waals surface area contributed by atoms with Crippen molar-refractivity contribution >= 4 is 21.9 Å². The number of carboxylic acid groups (broad SMARTS) is 1. The molecule has 0 amide bonds. The van der Waals surface area contributed by atoms with E-state index in [1.807, 2.05) is 24.3 Å². The van der Waals surface area contributed by atoms with Gasteiger partial charge in [-0.25, -0.2) is 0 Å². The van der Waals surface area contributed by atoms with E-state index in [0.717, 1.165) is 10.0 Å². The van der Waals surface area contributed by atoms with Crippen LogP contribution in [0, 0.1) is 11.8 Å². The van der Waals surface area contributed by atoms with E-state index >= 15 is 0 Å². The Morgan fingerprint density at radius 3 is 2.53 bits per heavy atom. The summed E-state index contributed by atoms with van der Waals surface area (Å²) in [5.74, 6) is -0.875. The van der Waals surface area contributed by atoms with Crippen molar-refractivity contribution in [3.05, 3.63) is 34.3 Å². The Balaban J connectivity index is 2.06. The molecular weight excluding hydrogens is 258 g/mol. The van der Waals surface area contributed by atoms with Crippen LogP contribution in [0.5, 0.6) is 0 Å². The molecule has 0 radical (unpaired) electrons. The van der Waals surface area contributed by atoms with E-state index < -0.39 is 5.97 Å². The van der Waals surface area contributed by atoms with Crippen LogP contribution in [0.2, 0.25) is 0 Å². The summed E-state index contributed by atoms with van der Waals surface area (Å²) in [6.45, 7) is 0. The average molecular weight is 270 g/mol. The van der Waals surface area contributed by atoms with Crippen LogP contribution in [0.1, 0.15) is 18.0 Å². The highest BCUT2D eigenvalue weighted by Crippen LogP contribution is 2.46. The average Bonchev–Trinajstić information content (AvgIpc) is 2.97. The molecule has 4 heteroatoms. The van der Waals surface area contributed by atoms with Gasteiger partial charge in [0.2, 0.25) is 0 Å². The van der Waals surface area contributed by atoms with Crippen LogP contribution in [0.15, 0.2) is 28.7 Å². The topological polar surface area (TPSA) is 63.3 Å². The first kappa shape index (κ1) is 10.6. The van der Waals surface area contributed by atoms with E-state index in [1.165, 1.54) is 0 Å². The molecule has 3 atom stereocenters. The Labute approximate surface area is 96.4 Å². The molecule has 1 aliphatic carbocycles. The lowest BCUT2D eigenvalue weighted by Gasteiger charge is -2.10. The third-order valence-corrected chi connectivity index (χ3v) is 3.40. The maximum atomic E-state index is 10.7. The van der Waals surface area contributed by atoms with Crippen molar-refractivity contribution in [3.63, 3.8) is 0 Å². The molecule has 3 unspecified atom stereocenters. The van der Waals surface area contributed by atoms with Gasteiger partial charge in [-0.15, -0.1) is 0 Å². The molecule has 0 bridgehead atoms. The first-order valence-corrected chi connectivity index (χ1v) is 5.62. The second kappa shape index (κ2) is 3.94. The fourth-order valence-corrected chi connectivity index (χ4v) is 2.09. The normalized spacial score (nSPS) is 26.0. The van der Waals surface area contributed by atoms with Gasteiger partial charge in [-0.2, -0.15) is 0 Å². The van der Waals surface area contributed by atoms with Crippen LogP contribution >= 0.6 is 15.9 Å². The van der Waals surface area contributed by atoms with Gasteiger partial charge >= 0.3 is 5.97 Å². The molecule has 0 saturated heterocycles. The SMILES string of the molecule is NC(c1ccc(Br)cc1)C1CC1C(=O)O. The minimum atomic E-state index is -0.729.